The maximum absolute atomic E-state index is 11.7. The van der Waals surface area contributed by atoms with E-state index < -0.39 is 11.4 Å². The predicted octanol–water partition coefficient (Wildman–Crippen LogP) is 6.95. The van der Waals surface area contributed by atoms with Gasteiger partial charge in [0.05, 0.1) is 5.41 Å². The van der Waals surface area contributed by atoms with Gasteiger partial charge in [-0.1, -0.05) is 65.5 Å². The van der Waals surface area contributed by atoms with Crippen LogP contribution in [0.5, 0.6) is 0 Å². The molecule has 0 aromatic heterocycles. The van der Waals surface area contributed by atoms with Gasteiger partial charge >= 0.3 is 5.97 Å². The summed E-state index contributed by atoms with van der Waals surface area (Å²) in [5.74, 6) is 5.92. The van der Waals surface area contributed by atoms with Crippen molar-refractivity contribution < 1.29 is 9.90 Å². The second-order valence-electron chi connectivity index (χ2n) is 10.1. The van der Waals surface area contributed by atoms with E-state index in [9.17, 15) is 9.90 Å². The number of rotatable bonds is 4. The van der Waals surface area contributed by atoms with Gasteiger partial charge in [-0.25, -0.2) is 0 Å². The largest absolute Gasteiger partial charge is 0.481 e. The molecule has 1 atom stereocenters. The van der Waals surface area contributed by atoms with E-state index in [0.717, 1.165) is 29.5 Å². The first kappa shape index (κ1) is 23.5. The summed E-state index contributed by atoms with van der Waals surface area (Å²) in [6.07, 6.45) is 2.63. The van der Waals surface area contributed by atoms with Gasteiger partial charge in [0.25, 0.3) is 0 Å². The highest BCUT2D eigenvalue weighted by molar-refractivity contribution is 8.00. The van der Waals surface area contributed by atoms with Crippen LogP contribution < -0.4 is 0 Å². The summed E-state index contributed by atoms with van der Waals surface area (Å²) in [6.45, 7) is 15.2. The van der Waals surface area contributed by atoms with Gasteiger partial charge in [0.15, 0.2) is 0 Å². The van der Waals surface area contributed by atoms with Crippen molar-refractivity contribution in [3.05, 3.63) is 64.2 Å². The molecule has 0 bridgehead atoms. The van der Waals surface area contributed by atoms with Crippen molar-refractivity contribution in [1.82, 2.24) is 0 Å². The highest BCUT2D eigenvalue weighted by Crippen LogP contribution is 2.51. The van der Waals surface area contributed by atoms with E-state index in [1.165, 1.54) is 16.0 Å². The fourth-order valence-corrected chi connectivity index (χ4v) is 6.35. The van der Waals surface area contributed by atoms with E-state index in [1.54, 1.807) is 6.92 Å². The average Bonchev–Trinajstić information content (AvgIpc) is 2.70. The van der Waals surface area contributed by atoms with Gasteiger partial charge < -0.3 is 5.11 Å². The zero-order chi connectivity index (χ0) is 23.0. The van der Waals surface area contributed by atoms with Gasteiger partial charge in [0, 0.05) is 20.8 Å². The van der Waals surface area contributed by atoms with Gasteiger partial charge in [-0.3, -0.25) is 4.79 Å². The Morgan fingerprint density at radius 2 is 1.74 bits per heavy atom. The lowest BCUT2D eigenvalue weighted by Gasteiger charge is -2.42. The minimum Gasteiger partial charge on any atom is -0.481 e. The Morgan fingerprint density at radius 3 is 2.29 bits per heavy atom. The molecule has 0 fully saturated rings. The van der Waals surface area contributed by atoms with Gasteiger partial charge in [-0.05, 0) is 72.6 Å². The number of hydrogen-bond acceptors (Lipinski definition) is 2. The molecule has 0 radical (unpaired) electrons. The molecule has 1 heterocycles. The second kappa shape index (κ2) is 8.40. The molecule has 3 rings (SSSR count). The molecule has 0 spiro atoms. The molecule has 1 unspecified atom stereocenters. The summed E-state index contributed by atoms with van der Waals surface area (Å²) < 4.78 is 0.236. The van der Waals surface area contributed by atoms with E-state index >= 15 is 0 Å². The van der Waals surface area contributed by atoms with E-state index in [0.29, 0.717) is 6.42 Å². The van der Waals surface area contributed by atoms with Crippen LogP contribution in [0.25, 0.3) is 0 Å². The summed E-state index contributed by atoms with van der Waals surface area (Å²) in [4.78, 5) is 13.1. The normalized spacial score (nSPS) is 18.3. The van der Waals surface area contributed by atoms with E-state index in [1.807, 2.05) is 43.0 Å². The Hall–Kier alpha value is -2.18. The van der Waals surface area contributed by atoms with Crippen LogP contribution in [0.1, 0.15) is 89.1 Å². The Bertz CT molecular complexity index is 1050. The molecule has 1 N–H and O–H groups in total. The SMILES string of the molecule is CCc1cc2c(cc1C#Cc1ccc(C(C)(CC)C(=O)O)cc1)C(C)(C)CC(C)(C)S2. The highest BCUT2D eigenvalue weighted by Gasteiger charge is 2.38. The van der Waals surface area contributed by atoms with Crippen LogP contribution in [0.4, 0.5) is 0 Å². The zero-order valence-corrected chi connectivity index (χ0v) is 20.7. The molecule has 2 nitrogen and oxygen atoms in total. The molecule has 2 aromatic carbocycles. The Kier molecular flexibility index (Phi) is 6.36. The van der Waals surface area contributed by atoms with E-state index in [4.69, 9.17) is 0 Å². The maximum Gasteiger partial charge on any atom is 0.313 e. The molecular formula is C28H34O2S. The zero-order valence-electron chi connectivity index (χ0n) is 19.8. The van der Waals surface area contributed by atoms with Crippen LogP contribution >= 0.6 is 11.8 Å². The van der Waals surface area contributed by atoms with Gasteiger partial charge in [0.2, 0.25) is 0 Å². The lowest BCUT2D eigenvalue weighted by Crippen LogP contribution is -2.33. The minimum absolute atomic E-state index is 0.121. The molecule has 0 saturated carbocycles. The molecule has 0 amide bonds. The van der Waals surface area contributed by atoms with Crippen molar-refractivity contribution in [2.45, 2.75) is 88.2 Å². The van der Waals surface area contributed by atoms with Crippen LogP contribution in [0.15, 0.2) is 41.3 Å². The topological polar surface area (TPSA) is 37.3 Å². The fraction of sp³-hybridized carbons (Fsp3) is 0.464. The third-order valence-corrected chi connectivity index (χ3v) is 7.87. The van der Waals surface area contributed by atoms with Crippen molar-refractivity contribution in [1.29, 1.82) is 0 Å². The number of carboxylic acids is 1. The first-order valence-corrected chi connectivity index (χ1v) is 12.0. The molecule has 0 aliphatic carbocycles. The highest BCUT2D eigenvalue weighted by atomic mass is 32.2. The van der Waals surface area contributed by atoms with Crippen molar-refractivity contribution in [2.75, 3.05) is 0 Å². The fourth-order valence-electron chi connectivity index (χ4n) is 4.68. The Labute approximate surface area is 191 Å². The van der Waals surface area contributed by atoms with Crippen molar-refractivity contribution in [2.24, 2.45) is 0 Å². The number of fused-ring (bicyclic) bond motifs is 1. The summed E-state index contributed by atoms with van der Waals surface area (Å²) in [5.41, 5.74) is 4.76. The third kappa shape index (κ3) is 4.70. The number of aliphatic carboxylic acids is 1. The number of benzene rings is 2. The summed E-state index contributed by atoms with van der Waals surface area (Å²) in [5, 5.41) is 9.61. The first-order valence-electron chi connectivity index (χ1n) is 11.1. The van der Waals surface area contributed by atoms with Gasteiger partial charge in [-0.2, -0.15) is 0 Å². The Balaban J connectivity index is 1.97. The molecule has 2 aromatic rings. The summed E-state index contributed by atoms with van der Waals surface area (Å²) in [6, 6.07) is 12.3. The smallest absolute Gasteiger partial charge is 0.313 e. The quantitative estimate of drug-likeness (QED) is 0.529. The maximum atomic E-state index is 11.7. The Morgan fingerprint density at radius 1 is 1.10 bits per heavy atom. The average molecular weight is 435 g/mol. The first-order chi connectivity index (χ1) is 14.4. The van der Waals surface area contributed by atoms with Crippen LogP contribution in [0.3, 0.4) is 0 Å². The monoisotopic (exact) mass is 434 g/mol. The number of carboxylic acid groups (broad SMARTS) is 1. The van der Waals surface area contributed by atoms with Crippen molar-refractivity contribution in [3.8, 4) is 11.8 Å². The van der Waals surface area contributed by atoms with Crippen LogP contribution in [0.2, 0.25) is 0 Å². The number of aryl methyl sites for hydroxylation is 1. The molecule has 31 heavy (non-hydrogen) atoms. The second-order valence-corrected chi connectivity index (χ2v) is 11.8. The van der Waals surface area contributed by atoms with Crippen molar-refractivity contribution >= 4 is 17.7 Å². The standard InChI is InChI=1S/C28H34O2S/c1-8-20-17-24-23(26(3,4)18-27(5,6)31-24)16-21(20)13-10-19-11-14-22(15-12-19)28(7,9-2)25(29)30/h11-12,14-17H,8-9,18H2,1-7H3,(H,29,30). The van der Waals surface area contributed by atoms with Crippen LogP contribution in [0, 0.1) is 11.8 Å². The number of thioether (sulfide) groups is 1. The van der Waals surface area contributed by atoms with Gasteiger partial charge in [0.1, 0.15) is 0 Å². The number of carbonyl (C=O) groups is 1. The lowest BCUT2D eigenvalue weighted by molar-refractivity contribution is -0.143. The van der Waals surface area contributed by atoms with Crippen LogP contribution in [-0.2, 0) is 22.0 Å². The molecule has 3 heteroatoms. The summed E-state index contributed by atoms with van der Waals surface area (Å²) in [7, 11) is 0. The molecule has 164 valence electrons. The molecule has 1 aliphatic rings. The minimum atomic E-state index is -0.864. The molecular weight excluding hydrogens is 400 g/mol. The van der Waals surface area contributed by atoms with Crippen LogP contribution in [-0.4, -0.2) is 15.8 Å². The van der Waals surface area contributed by atoms with E-state index in [2.05, 4.69) is 58.6 Å². The number of hydrogen-bond donors (Lipinski definition) is 1. The van der Waals surface area contributed by atoms with E-state index in [-0.39, 0.29) is 10.2 Å². The molecule has 0 saturated heterocycles. The van der Waals surface area contributed by atoms with Crippen molar-refractivity contribution in [3.63, 3.8) is 0 Å². The predicted molar refractivity (Wildman–Crippen MR) is 131 cm³/mol. The summed E-state index contributed by atoms with van der Waals surface area (Å²) >= 11 is 1.98. The lowest BCUT2D eigenvalue weighted by atomic mass is 9.76. The molecule has 1 aliphatic heterocycles. The van der Waals surface area contributed by atoms with Gasteiger partial charge in [-0.15, -0.1) is 11.8 Å². The third-order valence-electron chi connectivity index (χ3n) is 6.61.